The van der Waals surface area contributed by atoms with Crippen molar-refractivity contribution in [3.63, 3.8) is 0 Å². The Balaban J connectivity index is 3.43. The van der Waals surface area contributed by atoms with Gasteiger partial charge < -0.3 is 0 Å². The smallest absolute Gasteiger partial charge is 0.207 e. The van der Waals surface area contributed by atoms with E-state index in [4.69, 9.17) is 22.3 Å². The molecule has 0 saturated heterocycles. The van der Waals surface area contributed by atoms with E-state index in [2.05, 4.69) is 0 Å². The Hall–Kier alpha value is -0.390. The summed E-state index contributed by atoms with van der Waals surface area (Å²) in [7, 11) is 0.901. The molecule has 0 fully saturated rings. The number of alkyl halides is 2. The molecular weight excluding hydrogens is 257 g/mol. The molecule has 0 atom stereocenters. The van der Waals surface area contributed by atoms with Crippen LogP contribution in [0.2, 0.25) is 5.02 Å². The molecule has 0 heterocycles. The summed E-state index contributed by atoms with van der Waals surface area (Å²) in [6, 6.07) is 3.26. The third-order valence-corrected chi connectivity index (χ3v) is 3.39. The van der Waals surface area contributed by atoms with Gasteiger partial charge in [0.25, 0.3) is 15.5 Å². The van der Waals surface area contributed by atoms with E-state index in [0.29, 0.717) is 0 Å². The lowest BCUT2D eigenvalue weighted by molar-refractivity contribution is 0.151. The highest BCUT2D eigenvalue weighted by atomic mass is 35.7. The van der Waals surface area contributed by atoms with Gasteiger partial charge in [-0.15, -0.1) is 0 Å². The molecule has 0 amide bonds. The van der Waals surface area contributed by atoms with Gasteiger partial charge >= 0.3 is 0 Å². The van der Waals surface area contributed by atoms with Crippen molar-refractivity contribution in [1.29, 1.82) is 0 Å². The van der Waals surface area contributed by atoms with Crippen LogP contribution in [-0.4, -0.2) is 8.42 Å². The largest absolute Gasteiger partial charge is 0.265 e. The second kappa shape index (κ2) is 4.00. The first-order valence-corrected chi connectivity index (χ1v) is 6.04. The van der Waals surface area contributed by atoms with Gasteiger partial charge in [-0.05, 0) is 6.07 Å². The molecule has 7 heteroatoms. The van der Waals surface area contributed by atoms with Gasteiger partial charge in [0.1, 0.15) is 4.90 Å². The van der Waals surface area contributed by atoms with Gasteiger partial charge in [0.15, 0.2) is 0 Å². The van der Waals surface area contributed by atoms with E-state index < -0.39 is 31.0 Å². The maximum atomic E-state index is 12.3. The topological polar surface area (TPSA) is 34.1 Å². The summed E-state index contributed by atoms with van der Waals surface area (Å²) in [4.78, 5) is -0.501. The summed E-state index contributed by atoms with van der Waals surface area (Å²) < 4.78 is 46.3. The summed E-state index contributed by atoms with van der Waals surface area (Å²) in [6.07, 6.45) is -2.83. The van der Waals surface area contributed by atoms with Crippen molar-refractivity contribution in [2.45, 2.75) is 11.3 Å². The van der Waals surface area contributed by atoms with Crippen LogP contribution in [0.3, 0.4) is 0 Å². The fourth-order valence-electron chi connectivity index (χ4n) is 0.885. The molecule has 0 N–H and O–H groups in total. The second-order valence-electron chi connectivity index (χ2n) is 2.40. The Morgan fingerprint density at radius 3 is 2.29 bits per heavy atom. The van der Waals surface area contributed by atoms with Crippen molar-refractivity contribution >= 4 is 31.3 Å². The number of hydrogen-bond acceptors (Lipinski definition) is 2. The zero-order chi connectivity index (χ0) is 10.9. The molecular formula is C7H4Cl2F2O2S. The standard InChI is InChI=1S/C7H4Cl2F2O2S/c8-6-4(7(10)11)2-1-3-5(6)14(9,12)13/h1-3,7H. The molecule has 78 valence electrons. The molecule has 14 heavy (non-hydrogen) atoms. The lowest BCUT2D eigenvalue weighted by atomic mass is 10.2. The van der Waals surface area contributed by atoms with E-state index in [1.807, 2.05) is 0 Å². The van der Waals surface area contributed by atoms with Crippen molar-refractivity contribution < 1.29 is 17.2 Å². The lowest BCUT2D eigenvalue weighted by Crippen LogP contribution is -1.95. The van der Waals surface area contributed by atoms with Crippen LogP contribution in [0.1, 0.15) is 12.0 Å². The van der Waals surface area contributed by atoms with Gasteiger partial charge in [0.05, 0.1) is 5.02 Å². The van der Waals surface area contributed by atoms with Crippen LogP contribution in [0.4, 0.5) is 8.78 Å². The third kappa shape index (κ3) is 2.34. The fraction of sp³-hybridized carbons (Fsp3) is 0.143. The van der Waals surface area contributed by atoms with Crippen molar-refractivity contribution in [2.24, 2.45) is 0 Å². The summed E-state index contributed by atoms with van der Waals surface area (Å²) in [5.74, 6) is 0. The van der Waals surface area contributed by atoms with Crippen LogP contribution in [0.15, 0.2) is 23.1 Å². The monoisotopic (exact) mass is 260 g/mol. The molecule has 0 aliphatic carbocycles. The predicted octanol–water partition coefficient (Wildman–Crippen LogP) is 3.21. The Morgan fingerprint density at radius 2 is 1.86 bits per heavy atom. The molecule has 0 bridgehead atoms. The van der Waals surface area contributed by atoms with Crippen LogP contribution in [0.5, 0.6) is 0 Å². The van der Waals surface area contributed by atoms with E-state index in [1.165, 1.54) is 0 Å². The van der Waals surface area contributed by atoms with E-state index in [9.17, 15) is 17.2 Å². The van der Waals surface area contributed by atoms with E-state index in [-0.39, 0.29) is 0 Å². The Morgan fingerprint density at radius 1 is 1.29 bits per heavy atom. The zero-order valence-corrected chi connectivity index (χ0v) is 8.87. The Labute approximate surface area is 88.9 Å². The predicted molar refractivity (Wildman–Crippen MR) is 49.4 cm³/mol. The molecule has 1 aromatic rings. The third-order valence-electron chi connectivity index (χ3n) is 1.49. The van der Waals surface area contributed by atoms with Gasteiger partial charge in [-0.25, -0.2) is 17.2 Å². The molecule has 0 unspecified atom stereocenters. The molecule has 0 aliphatic heterocycles. The van der Waals surface area contributed by atoms with E-state index in [0.717, 1.165) is 18.2 Å². The van der Waals surface area contributed by atoms with Gasteiger partial charge in [0.2, 0.25) is 0 Å². The molecule has 0 aliphatic rings. The van der Waals surface area contributed by atoms with Gasteiger partial charge in [-0.2, -0.15) is 0 Å². The first kappa shape index (κ1) is 11.7. The van der Waals surface area contributed by atoms with E-state index >= 15 is 0 Å². The van der Waals surface area contributed by atoms with Crippen LogP contribution in [0.25, 0.3) is 0 Å². The SMILES string of the molecule is O=S(=O)(Cl)c1cccc(C(F)F)c1Cl. The van der Waals surface area contributed by atoms with Crippen molar-refractivity contribution in [3.8, 4) is 0 Å². The lowest BCUT2D eigenvalue weighted by Gasteiger charge is -2.05. The summed E-state index contributed by atoms with van der Waals surface area (Å²) in [5.41, 5.74) is -0.548. The van der Waals surface area contributed by atoms with E-state index in [1.54, 1.807) is 0 Å². The van der Waals surface area contributed by atoms with Crippen molar-refractivity contribution in [2.75, 3.05) is 0 Å². The molecule has 0 radical (unpaired) electrons. The second-order valence-corrected chi connectivity index (χ2v) is 5.31. The highest BCUT2D eigenvalue weighted by molar-refractivity contribution is 8.13. The van der Waals surface area contributed by atoms with Crippen molar-refractivity contribution in [1.82, 2.24) is 0 Å². The Bertz CT molecular complexity index is 445. The average Bonchev–Trinajstić information content (AvgIpc) is 2.01. The number of hydrogen-bond donors (Lipinski definition) is 0. The van der Waals surface area contributed by atoms with Gasteiger partial charge in [-0.1, -0.05) is 23.7 Å². The Kier molecular flexibility index (Phi) is 3.34. The van der Waals surface area contributed by atoms with Crippen LogP contribution >= 0.6 is 22.3 Å². The minimum absolute atomic E-state index is 0.501. The van der Waals surface area contributed by atoms with Crippen LogP contribution in [-0.2, 0) is 9.05 Å². The summed E-state index contributed by atoms with van der Waals surface area (Å²) in [5, 5.41) is -0.530. The molecule has 2 nitrogen and oxygen atoms in total. The molecule has 0 saturated carbocycles. The first-order valence-electron chi connectivity index (χ1n) is 3.35. The first-order chi connectivity index (χ1) is 6.34. The number of benzene rings is 1. The molecule has 0 aromatic heterocycles. The maximum absolute atomic E-state index is 12.3. The molecule has 1 aromatic carbocycles. The normalized spacial score (nSPS) is 12.1. The fourth-order valence-corrected chi connectivity index (χ4v) is 2.48. The summed E-state index contributed by atoms with van der Waals surface area (Å²) in [6.45, 7) is 0. The molecule has 1 rings (SSSR count). The van der Waals surface area contributed by atoms with Crippen molar-refractivity contribution in [3.05, 3.63) is 28.8 Å². The number of rotatable bonds is 2. The van der Waals surface area contributed by atoms with Crippen LogP contribution < -0.4 is 0 Å². The number of halogens is 4. The summed E-state index contributed by atoms with van der Waals surface area (Å²) >= 11 is 5.44. The highest BCUT2D eigenvalue weighted by Gasteiger charge is 2.20. The maximum Gasteiger partial charge on any atom is 0.265 e. The zero-order valence-electron chi connectivity index (χ0n) is 6.55. The van der Waals surface area contributed by atoms with Gasteiger partial charge in [-0.3, -0.25) is 0 Å². The minimum Gasteiger partial charge on any atom is -0.207 e. The average molecular weight is 261 g/mol. The molecule has 0 spiro atoms. The van der Waals surface area contributed by atoms with Crippen LogP contribution in [0, 0.1) is 0 Å². The quantitative estimate of drug-likeness (QED) is 0.766. The highest BCUT2D eigenvalue weighted by Crippen LogP contribution is 2.33. The van der Waals surface area contributed by atoms with Gasteiger partial charge in [0, 0.05) is 16.2 Å². The minimum atomic E-state index is -4.08.